The average Bonchev–Trinajstić information content (AvgIpc) is 3.24. The van der Waals surface area contributed by atoms with Crippen LogP contribution < -0.4 is 10.5 Å². The van der Waals surface area contributed by atoms with Crippen LogP contribution in [0.2, 0.25) is 0 Å². The average molecular weight is 413 g/mol. The van der Waals surface area contributed by atoms with E-state index in [0.717, 1.165) is 25.1 Å². The van der Waals surface area contributed by atoms with Gasteiger partial charge in [-0.05, 0) is 48.7 Å². The number of aromatic nitrogens is 1. The van der Waals surface area contributed by atoms with Crippen molar-refractivity contribution in [1.29, 1.82) is 0 Å². The number of ether oxygens (including phenoxy) is 1. The highest BCUT2D eigenvalue weighted by atomic mass is 16.5. The van der Waals surface area contributed by atoms with Gasteiger partial charge in [0.25, 0.3) is 0 Å². The van der Waals surface area contributed by atoms with Crippen molar-refractivity contribution in [2.45, 2.75) is 32.2 Å². The van der Waals surface area contributed by atoms with Crippen molar-refractivity contribution < 1.29 is 4.74 Å². The molecule has 0 saturated carbocycles. The zero-order valence-electron chi connectivity index (χ0n) is 18.3. The minimum Gasteiger partial charge on any atom is -0.493 e. The van der Waals surface area contributed by atoms with Crippen molar-refractivity contribution in [2.24, 2.45) is 11.7 Å². The molecule has 0 aliphatic heterocycles. The van der Waals surface area contributed by atoms with Crippen LogP contribution in [-0.4, -0.2) is 17.7 Å². The van der Waals surface area contributed by atoms with E-state index in [1.54, 1.807) is 0 Å². The molecule has 3 heteroatoms. The van der Waals surface area contributed by atoms with Gasteiger partial charge in [-0.25, -0.2) is 0 Å². The molecule has 3 aromatic carbocycles. The number of benzene rings is 3. The van der Waals surface area contributed by atoms with E-state index < -0.39 is 0 Å². The van der Waals surface area contributed by atoms with E-state index >= 15 is 0 Å². The number of hydrogen-bond donors (Lipinski definition) is 1. The summed E-state index contributed by atoms with van der Waals surface area (Å²) < 4.78 is 8.64. The molecule has 0 saturated heterocycles. The first-order chi connectivity index (χ1) is 15.3. The van der Waals surface area contributed by atoms with Crippen LogP contribution in [0.5, 0.6) is 5.75 Å². The van der Waals surface area contributed by atoms with Gasteiger partial charge in [-0.1, -0.05) is 73.7 Å². The third-order valence-corrected chi connectivity index (χ3v) is 6.02. The van der Waals surface area contributed by atoms with E-state index in [1.165, 1.54) is 22.0 Å². The fraction of sp³-hybridized carbons (Fsp3) is 0.286. The Bertz CT molecular complexity index is 1030. The second kappa shape index (κ2) is 10.3. The Morgan fingerprint density at radius 1 is 0.839 bits per heavy atom. The van der Waals surface area contributed by atoms with Gasteiger partial charge in [0.05, 0.1) is 12.1 Å². The van der Waals surface area contributed by atoms with E-state index in [4.69, 9.17) is 10.5 Å². The van der Waals surface area contributed by atoms with Crippen LogP contribution in [0, 0.1) is 5.92 Å². The first kappa shape index (κ1) is 21.2. The van der Waals surface area contributed by atoms with Crippen LogP contribution in [0.15, 0.2) is 91.1 Å². The van der Waals surface area contributed by atoms with Crippen molar-refractivity contribution in [1.82, 2.24) is 4.57 Å². The smallest absolute Gasteiger partial charge is 0.128 e. The van der Waals surface area contributed by atoms with Crippen LogP contribution in [0.4, 0.5) is 0 Å². The number of nitrogens with two attached hydrogens (primary N) is 1. The molecule has 160 valence electrons. The fourth-order valence-electron chi connectivity index (χ4n) is 4.37. The van der Waals surface area contributed by atoms with Gasteiger partial charge in [0.15, 0.2) is 0 Å². The first-order valence-electron chi connectivity index (χ1n) is 11.3. The van der Waals surface area contributed by atoms with Crippen molar-refractivity contribution >= 4 is 10.9 Å². The molecule has 0 bridgehead atoms. The van der Waals surface area contributed by atoms with Gasteiger partial charge in [-0.3, -0.25) is 0 Å². The summed E-state index contributed by atoms with van der Waals surface area (Å²) in [5, 5.41) is 1.18. The largest absolute Gasteiger partial charge is 0.493 e. The lowest BCUT2D eigenvalue weighted by molar-refractivity contribution is 0.242. The van der Waals surface area contributed by atoms with E-state index in [-0.39, 0.29) is 5.92 Å². The van der Waals surface area contributed by atoms with Gasteiger partial charge in [0, 0.05) is 30.0 Å². The van der Waals surface area contributed by atoms with Crippen molar-refractivity contribution in [3.05, 3.63) is 102 Å². The predicted octanol–water partition coefficient (Wildman–Crippen LogP) is 6.23. The van der Waals surface area contributed by atoms with Crippen LogP contribution >= 0.6 is 0 Å². The Morgan fingerprint density at radius 2 is 1.52 bits per heavy atom. The van der Waals surface area contributed by atoms with Gasteiger partial charge in [-0.2, -0.15) is 0 Å². The summed E-state index contributed by atoms with van der Waals surface area (Å²) >= 11 is 0. The SMILES string of the molecule is CCCn1ccc2c(OCC(CN)CC(c3ccccc3)c3ccccc3)cccc21. The summed E-state index contributed by atoms with van der Waals surface area (Å²) in [5.74, 6) is 1.51. The number of fused-ring (bicyclic) bond motifs is 1. The molecule has 4 aromatic rings. The molecule has 0 radical (unpaired) electrons. The lowest BCUT2D eigenvalue weighted by Gasteiger charge is -2.24. The molecule has 0 spiro atoms. The molecule has 1 aromatic heterocycles. The molecule has 0 amide bonds. The zero-order valence-corrected chi connectivity index (χ0v) is 18.3. The topological polar surface area (TPSA) is 40.2 Å². The van der Waals surface area contributed by atoms with Crippen LogP contribution in [-0.2, 0) is 6.54 Å². The summed E-state index contributed by atoms with van der Waals surface area (Å²) in [5.41, 5.74) is 10.1. The quantitative estimate of drug-likeness (QED) is 0.335. The maximum absolute atomic E-state index is 6.34. The molecule has 0 aliphatic rings. The van der Waals surface area contributed by atoms with E-state index in [0.29, 0.717) is 19.1 Å². The molecular formula is C28H32N2O. The molecule has 1 unspecified atom stereocenters. The highest BCUT2D eigenvalue weighted by molar-refractivity contribution is 5.86. The van der Waals surface area contributed by atoms with Gasteiger partial charge in [0.2, 0.25) is 0 Å². The Morgan fingerprint density at radius 3 is 2.13 bits per heavy atom. The number of hydrogen-bond acceptors (Lipinski definition) is 2. The minimum atomic E-state index is 0.262. The number of aryl methyl sites for hydroxylation is 1. The van der Waals surface area contributed by atoms with Gasteiger partial charge >= 0.3 is 0 Å². The lowest BCUT2D eigenvalue weighted by atomic mass is 9.84. The molecule has 2 N–H and O–H groups in total. The first-order valence-corrected chi connectivity index (χ1v) is 11.3. The summed E-state index contributed by atoms with van der Waals surface area (Å²) in [6, 6.07) is 29.9. The Kier molecular flexibility index (Phi) is 7.06. The number of nitrogens with zero attached hydrogens (tertiary/aromatic N) is 1. The Labute approximate surface area is 185 Å². The zero-order chi connectivity index (χ0) is 21.5. The lowest BCUT2D eigenvalue weighted by Crippen LogP contribution is -2.24. The van der Waals surface area contributed by atoms with E-state index in [9.17, 15) is 0 Å². The maximum Gasteiger partial charge on any atom is 0.128 e. The van der Waals surface area contributed by atoms with Crippen molar-refractivity contribution in [2.75, 3.05) is 13.2 Å². The molecule has 0 aliphatic carbocycles. The van der Waals surface area contributed by atoms with Crippen LogP contribution in [0.3, 0.4) is 0 Å². The van der Waals surface area contributed by atoms with Gasteiger partial charge < -0.3 is 15.0 Å². The normalized spacial score (nSPS) is 12.4. The minimum absolute atomic E-state index is 0.262. The molecular weight excluding hydrogens is 380 g/mol. The van der Waals surface area contributed by atoms with Crippen molar-refractivity contribution in [3.63, 3.8) is 0 Å². The summed E-state index contributed by atoms with van der Waals surface area (Å²) in [6.45, 7) is 4.44. The third kappa shape index (κ3) is 5.00. The van der Waals surface area contributed by atoms with Gasteiger partial charge in [-0.15, -0.1) is 0 Å². The van der Waals surface area contributed by atoms with Crippen molar-refractivity contribution in [3.8, 4) is 5.75 Å². The van der Waals surface area contributed by atoms with Gasteiger partial charge in [0.1, 0.15) is 5.75 Å². The third-order valence-electron chi connectivity index (χ3n) is 6.02. The molecule has 1 atom stereocenters. The van der Waals surface area contributed by atoms with E-state index in [1.807, 2.05) is 0 Å². The Hall–Kier alpha value is -3.04. The molecule has 0 fully saturated rings. The number of rotatable bonds is 10. The molecule has 1 heterocycles. The highest BCUT2D eigenvalue weighted by Gasteiger charge is 2.20. The maximum atomic E-state index is 6.34. The van der Waals surface area contributed by atoms with Crippen LogP contribution in [0.25, 0.3) is 10.9 Å². The Balaban J connectivity index is 1.52. The molecule has 31 heavy (non-hydrogen) atoms. The summed E-state index contributed by atoms with van der Waals surface area (Å²) in [6.07, 6.45) is 4.23. The predicted molar refractivity (Wildman–Crippen MR) is 130 cm³/mol. The summed E-state index contributed by atoms with van der Waals surface area (Å²) in [4.78, 5) is 0. The molecule has 4 rings (SSSR count). The monoisotopic (exact) mass is 412 g/mol. The second-order valence-corrected chi connectivity index (χ2v) is 8.22. The van der Waals surface area contributed by atoms with E-state index in [2.05, 4.69) is 103 Å². The van der Waals surface area contributed by atoms with Crippen LogP contribution in [0.1, 0.15) is 36.8 Å². The highest BCUT2D eigenvalue weighted by Crippen LogP contribution is 2.32. The second-order valence-electron chi connectivity index (χ2n) is 8.22. The fourth-order valence-corrected chi connectivity index (χ4v) is 4.37. The standard InChI is InChI=1S/C28H32N2O/c1-2-17-30-18-16-25-27(30)14-9-15-28(25)31-21-22(20-29)19-26(23-10-5-3-6-11-23)24-12-7-4-8-13-24/h3-16,18,22,26H,2,17,19-21,29H2,1H3. The molecule has 3 nitrogen and oxygen atoms in total. The summed E-state index contributed by atoms with van der Waals surface area (Å²) in [7, 11) is 0.